The van der Waals surface area contributed by atoms with E-state index in [0.29, 0.717) is 6.07 Å². The molecule has 0 heterocycles. The predicted octanol–water partition coefficient (Wildman–Crippen LogP) is 4.90. The van der Waals surface area contributed by atoms with Crippen molar-refractivity contribution in [3.63, 3.8) is 0 Å². The van der Waals surface area contributed by atoms with Gasteiger partial charge in [0.2, 0.25) is 5.82 Å². The highest BCUT2D eigenvalue weighted by Crippen LogP contribution is 2.37. The molecule has 0 aliphatic heterocycles. The van der Waals surface area contributed by atoms with Crippen molar-refractivity contribution in [2.45, 2.75) is 18.6 Å². The molecule has 0 saturated heterocycles. The first-order valence-corrected chi connectivity index (χ1v) is 8.66. The third-order valence-electron chi connectivity index (χ3n) is 4.00. The van der Waals surface area contributed by atoms with E-state index in [1.54, 1.807) is 6.07 Å². The molecule has 0 spiro atoms. The second kappa shape index (κ2) is 8.96. The van der Waals surface area contributed by atoms with Crippen molar-refractivity contribution in [1.82, 2.24) is 5.32 Å². The quantitative estimate of drug-likeness (QED) is 0.286. The third-order valence-corrected chi connectivity index (χ3v) is 4.31. The van der Waals surface area contributed by atoms with Crippen LogP contribution in [0.4, 0.5) is 35.1 Å². The van der Waals surface area contributed by atoms with Gasteiger partial charge in [-0.3, -0.25) is 0 Å². The van der Waals surface area contributed by atoms with Gasteiger partial charge in [0.25, 0.3) is 0 Å². The molecule has 1 N–H and O–H groups in total. The van der Waals surface area contributed by atoms with Gasteiger partial charge in [0, 0.05) is 0 Å². The van der Waals surface area contributed by atoms with E-state index < -0.39 is 69.3 Å². The van der Waals surface area contributed by atoms with Crippen molar-refractivity contribution in [2.24, 2.45) is 0 Å². The topological polar surface area (TPSA) is 68.8 Å². The molecule has 2 rings (SSSR count). The summed E-state index contributed by atoms with van der Waals surface area (Å²) in [6, 6.07) is 5.41. The third kappa shape index (κ3) is 4.89. The molecule has 0 amide bonds. The molecule has 0 radical (unpaired) electrons. The fraction of sp³-hybridized carbons (Fsp3) is 0.211. The van der Waals surface area contributed by atoms with Crippen LogP contribution in [0, 0.1) is 51.7 Å². The SMILES string of the molecule is CC(C#N)(COc1ccc(C#N)cc1C(F)(F)F)NC(=S)c1c(F)c(F)c(F)c(F)c1F. The molecule has 0 aliphatic carbocycles. The fourth-order valence-corrected chi connectivity index (χ4v) is 2.79. The highest BCUT2D eigenvalue weighted by molar-refractivity contribution is 7.80. The Morgan fingerprint density at radius 2 is 1.53 bits per heavy atom. The zero-order valence-electron chi connectivity index (χ0n) is 15.7. The van der Waals surface area contributed by atoms with Crippen molar-refractivity contribution >= 4 is 17.2 Å². The Morgan fingerprint density at radius 1 is 1.00 bits per heavy atom. The second-order valence-electron chi connectivity index (χ2n) is 6.45. The monoisotopic (exact) mass is 479 g/mol. The van der Waals surface area contributed by atoms with Crippen LogP contribution in [0.5, 0.6) is 5.75 Å². The van der Waals surface area contributed by atoms with Crippen LogP contribution in [0.15, 0.2) is 18.2 Å². The van der Waals surface area contributed by atoms with Crippen LogP contribution < -0.4 is 10.1 Å². The van der Waals surface area contributed by atoms with Gasteiger partial charge in [-0.25, -0.2) is 22.0 Å². The molecule has 0 bridgehead atoms. The van der Waals surface area contributed by atoms with Gasteiger partial charge in [-0.15, -0.1) is 0 Å². The Balaban J connectivity index is 2.34. The Labute approximate surface area is 180 Å². The van der Waals surface area contributed by atoms with Crippen LogP contribution in [0.3, 0.4) is 0 Å². The summed E-state index contributed by atoms with van der Waals surface area (Å²) in [5, 5.41) is 20.2. The van der Waals surface area contributed by atoms with E-state index in [9.17, 15) is 40.4 Å². The average Bonchev–Trinajstić information content (AvgIpc) is 2.74. The van der Waals surface area contributed by atoms with E-state index in [1.807, 2.05) is 5.32 Å². The predicted molar refractivity (Wildman–Crippen MR) is 96.7 cm³/mol. The molecule has 1 atom stereocenters. The number of nitriles is 2. The van der Waals surface area contributed by atoms with Gasteiger partial charge in [-0.1, -0.05) is 12.2 Å². The number of hydrogen-bond acceptors (Lipinski definition) is 4. The summed E-state index contributed by atoms with van der Waals surface area (Å²) in [7, 11) is 0. The minimum Gasteiger partial charge on any atom is -0.489 e. The summed E-state index contributed by atoms with van der Waals surface area (Å²) < 4.78 is 113. The first-order chi connectivity index (χ1) is 14.8. The number of hydrogen-bond donors (Lipinski definition) is 1. The molecule has 0 saturated carbocycles. The summed E-state index contributed by atoms with van der Waals surface area (Å²) in [6.07, 6.45) is -4.93. The average molecular weight is 479 g/mol. The number of nitrogens with one attached hydrogen (secondary N) is 1. The maximum absolute atomic E-state index is 13.9. The molecule has 1 unspecified atom stereocenters. The van der Waals surface area contributed by atoms with Crippen LogP contribution in [0.1, 0.15) is 23.6 Å². The molecule has 4 nitrogen and oxygen atoms in total. The highest BCUT2D eigenvalue weighted by Gasteiger charge is 2.37. The Kier molecular flexibility index (Phi) is 6.95. The molecular weight excluding hydrogens is 470 g/mol. The molecule has 168 valence electrons. The molecule has 32 heavy (non-hydrogen) atoms. The second-order valence-corrected chi connectivity index (χ2v) is 6.86. The van der Waals surface area contributed by atoms with Gasteiger partial charge in [0.15, 0.2) is 28.8 Å². The van der Waals surface area contributed by atoms with Gasteiger partial charge >= 0.3 is 6.18 Å². The van der Waals surface area contributed by atoms with Crippen LogP contribution in [-0.4, -0.2) is 17.1 Å². The van der Waals surface area contributed by atoms with Gasteiger partial charge in [-0.05, 0) is 25.1 Å². The van der Waals surface area contributed by atoms with Crippen molar-refractivity contribution < 1.29 is 39.9 Å². The lowest BCUT2D eigenvalue weighted by Crippen LogP contribution is -2.49. The molecule has 13 heteroatoms. The number of nitrogens with zero attached hydrogens (tertiary/aromatic N) is 2. The Morgan fingerprint density at radius 3 is 2.00 bits per heavy atom. The molecule has 2 aromatic carbocycles. The van der Waals surface area contributed by atoms with Crippen molar-refractivity contribution in [2.75, 3.05) is 6.61 Å². The largest absolute Gasteiger partial charge is 0.489 e. The van der Waals surface area contributed by atoms with Gasteiger partial charge in [0.1, 0.15) is 17.3 Å². The van der Waals surface area contributed by atoms with E-state index in [0.717, 1.165) is 19.1 Å². The normalized spacial score (nSPS) is 13.0. The van der Waals surface area contributed by atoms with Gasteiger partial charge in [-0.2, -0.15) is 23.7 Å². The number of alkyl halides is 3. The number of thiocarbonyl (C=S) groups is 1. The van der Waals surface area contributed by atoms with E-state index in [4.69, 9.17) is 10.00 Å². The Hall–Kier alpha value is -3.45. The van der Waals surface area contributed by atoms with Crippen LogP contribution in [0.25, 0.3) is 0 Å². The standard InChI is InChI=1S/C19H9F8N3OS/c1-18(6-29,7-31-10-3-2-8(5-28)4-9(10)19(25,26)27)30-17(32)11-12(20)14(22)16(24)15(23)13(11)21/h2-4H,7H2,1H3,(H,30,32). The Bertz CT molecular complexity index is 1140. The summed E-state index contributed by atoms with van der Waals surface area (Å²) in [5.74, 6) is -12.3. The lowest BCUT2D eigenvalue weighted by Gasteiger charge is -2.26. The van der Waals surface area contributed by atoms with Crippen molar-refractivity contribution in [3.05, 3.63) is 64.0 Å². The summed E-state index contributed by atoms with van der Waals surface area (Å²) in [5.41, 5.74) is -5.24. The number of benzene rings is 2. The minimum absolute atomic E-state index is 0.321. The zero-order valence-corrected chi connectivity index (χ0v) is 16.5. The maximum atomic E-state index is 13.9. The van der Waals surface area contributed by atoms with Gasteiger partial charge < -0.3 is 10.1 Å². The highest BCUT2D eigenvalue weighted by atomic mass is 32.1. The summed E-state index contributed by atoms with van der Waals surface area (Å²) in [6.45, 7) is 0.107. The van der Waals surface area contributed by atoms with E-state index in [-0.39, 0.29) is 5.56 Å². The summed E-state index contributed by atoms with van der Waals surface area (Å²) in [4.78, 5) is -1.07. The minimum atomic E-state index is -4.93. The number of rotatable bonds is 5. The number of ether oxygens (including phenoxy) is 1. The lowest BCUT2D eigenvalue weighted by molar-refractivity contribution is -0.139. The van der Waals surface area contributed by atoms with Crippen LogP contribution >= 0.6 is 12.2 Å². The number of halogens is 8. The van der Waals surface area contributed by atoms with Crippen LogP contribution in [-0.2, 0) is 6.18 Å². The zero-order chi connectivity index (χ0) is 24.4. The fourth-order valence-electron chi connectivity index (χ4n) is 2.38. The van der Waals surface area contributed by atoms with Crippen molar-refractivity contribution in [1.29, 1.82) is 10.5 Å². The van der Waals surface area contributed by atoms with Crippen molar-refractivity contribution in [3.8, 4) is 17.9 Å². The van der Waals surface area contributed by atoms with E-state index in [1.165, 1.54) is 6.07 Å². The van der Waals surface area contributed by atoms with E-state index >= 15 is 0 Å². The smallest absolute Gasteiger partial charge is 0.420 e. The molecule has 0 fully saturated rings. The maximum Gasteiger partial charge on any atom is 0.420 e. The lowest BCUT2D eigenvalue weighted by atomic mass is 10.0. The van der Waals surface area contributed by atoms with Crippen LogP contribution in [0.2, 0.25) is 0 Å². The molecule has 0 aromatic heterocycles. The molecule has 0 aliphatic rings. The van der Waals surface area contributed by atoms with E-state index in [2.05, 4.69) is 12.2 Å². The summed E-state index contributed by atoms with van der Waals surface area (Å²) >= 11 is 4.65. The molecule has 2 aromatic rings. The first-order valence-electron chi connectivity index (χ1n) is 8.25. The van der Waals surface area contributed by atoms with Gasteiger partial charge in [0.05, 0.1) is 28.8 Å². The molecular formula is C19H9F8N3OS. The first kappa shape index (κ1) is 24.8.